The number of hydrogen-bond acceptors (Lipinski definition) is 5. The fourth-order valence-corrected chi connectivity index (χ4v) is 4.76. The first kappa shape index (κ1) is 18.3. The van der Waals surface area contributed by atoms with Gasteiger partial charge >= 0.3 is 6.03 Å². The molecule has 1 N–H and O–H groups in total. The number of carbonyl (C=O) groups is 1. The molecule has 2 aliphatic heterocycles. The van der Waals surface area contributed by atoms with Crippen molar-refractivity contribution in [3.05, 3.63) is 30.6 Å². The number of rotatable bonds is 3. The molecule has 0 unspecified atom stereocenters. The maximum atomic E-state index is 12.6. The number of thioether (sulfide) groups is 1. The summed E-state index contributed by atoms with van der Waals surface area (Å²) in [7, 11) is 1.91. The Morgan fingerprint density at radius 1 is 1.11 bits per heavy atom. The van der Waals surface area contributed by atoms with Crippen LogP contribution < -0.4 is 5.32 Å². The number of nitrogens with zero attached hydrogens (tertiary/aromatic N) is 5. The maximum Gasteiger partial charge on any atom is 0.321 e. The van der Waals surface area contributed by atoms with E-state index in [1.165, 1.54) is 24.6 Å². The third-order valence-electron chi connectivity index (χ3n) is 5.42. The minimum Gasteiger partial charge on any atom is -0.324 e. The average Bonchev–Trinajstić information content (AvgIpc) is 3.15. The Hall–Kier alpha value is -2.06. The molecule has 2 amide bonds. The second-order valence-electron chi connectivity index (χ2n) is 7.14. The number of hydrogen-bond donors (Lipinski definition) is 1. The lowest BCUT2D eigenvalue weighted by atomic mass is 10.0. The predicted octanol–water partition coefficient (Wildman–Crippen LogP) is 2.53. The van der Waals surface area contributed by atoms with Crippen LogP contribution in [0, 0.1) is 0 Å². The molecular weight excluding hydrogens is 360 g/mol. The summed E-state index contributed by atoms with van der Waals surface area (Å²) in [5.41, 5.74) is 1.79. The standard InChI is InChI=1S/C19H26N6OS/c1-23-14-20-22-18(23)15-2-4-16(5-3-15)21-19(26)25-8-6-17(7-9-25)24-10-12-27-13-11-24/h2-5,14,17H,6-13H2,1H3,(H,21,26). The van der Waals surface area contributed by atoms with Crippen molar-refractivity contribution in [1.29, 1.82) is 0 Å². The first-order valence-corrected chi connectivity index (χ1v) is 10.7. The third-order valence-corrected chi connectivity index (χ3v) is 6.36. The average molecular weight is 387 g/mol. The number of amides is 2. The van der Waals surface area contributed by atoms with E-state index in [0.717, 1.165) is 43.0 Å². The molecule has 27 heavy (non-hydrogen) atoms. The van der Waals surface area contributed by atoms with Gasteiger partial charge in [-0.25, -0.2) is 4.79 Å². The van der Waals surface area contributed by atoms with Crippen LogP contribution in [0.3, 0.4) is 0 Å². The SMILES string of the molecule is Cn1cnnc1-c1ccc(NC(=O)N2CCC(N3CCSCC3)CC2)cc1. The summed E-state index contributed by atoms with van der Waals surface area (Å²) in [4.78, 5) is 17.1. The number of aromatic nitrogens is 3. The topological polar surface area (TPSA) is 66.3 Å². The molecule has 1 aromatic heterocycles. The first-order valence-electron chi connectivity index (χ1n) is 9.53. The van der Waals surface area contributed by atoms with E-state index in [0.29, 0.717) is 6.04 Å². The molecule has 2 saturated heterocycles. The number of piperidine rings is 1. The second-order valence-corrected chi connectivity index (χ2v) is 8.36. The number of benzene rings is 1. The van der Waals surface area contributed by atoms with Gasteiger partial charge in [0.05, 0.1) is 0 Å². The molecule has 3 heterocycles. The number of carbonyl (C=O) groups excluding carboxylic acids is 1. The lowest BCUT2D eigenvalue weighted by Gasteiger charge is -2.40. The molecule has 7 nitrogen and oxygen atoms in total. The van der Waals surface area contributed by atoms with E-state index in [1.54, 1.807) is 6.33 Å². The van der Waals surface area contributed by atoms with Gasteiger partial charge in [-0.1, -0.05) is 0 Å². The Kier molecular flexibility index (Phi) is 5.63. The van der Waals surface area contributed by atoms with Crippen LogP contribution in [0.4, 0.5) is 10.5 Å². The Morgan fingerprint density at radius 3 is 2.44 bits per heavy atom. The molecule has 2 fully saturated rings. The van der Waals surface area contributed by atoms with E-state index < -0.39 is 0 Å². The van der Waals surface area contributed by atoms with E-state index in [1.807, 2.05) is 52.5 Å². The Balaban J connectivity index is 1.30. The molecule has 2 aliphatic rings. The van der Waals surface area contributed by atoms with Gasteiger partial charge in [-0.05, 0) is 37.1 Å². The lowest BCUT2D eigenvalue weighted by molar-refractivity contribution is 0.130. The number of anilines is 1. The van der Waals surface area contributed by atoms with Gasteiger partial charge in [-0.2, -0.15) is 11.8 Å². The largest absolute Gasteiger partial charge is 0.324 e. The Labute approximate surface area is 164 Å². The summed E-state index contributed by atoms with van der Waals surface area (Å²) in [6.07, 6.45) is 3.82. The van der Waals surface area contributed by atoms with Crippen molar-refractivity contribution in [3.63, 3.8) is 0 Å². The number of urea groups is 1. The van der Waals surface area contributed by atoms with Crippen molar-refractivity contribution in [2.24, 2.45) is 7.05 Å². The molecule has 0 aliphatic carbocycles. The summed E-state index contributed by atoms with van der Waals surface area (Å²) < 4.78 is 1.87. The molecule has 0 spiro atoms. The Morgan fingerprint density at radius 2 is 1.81 bits per heavy atom. The highest BCUT2D eigenvalue weighted by Gasteiger charge is 2.27. The highest BCUT2D eigenvalue weighted by molar-refractivity contribution is 7.99. The second kappa shape index (κ2) is 8.31. The lowest BCUT2D eigenvalue weighted by Crippen LogP contribution is -2.49. The molecule has 8 heteroatoms. The summed E-state index contributed by atoms with van der Waals surface area (Å²) >= 11 is 2.05. The smallest absolute Gasteiger partial charge is 0.321 e. The molecule has 1 aromatic carbocycles. The molecule has 144 valence electrons. The molecular formula is C19H26N6OS. The van der Waals surface area contributed by atoms with Crippen LogP contribution >= 0.6 is 11.8 Å². The van der Waals surface area contributed by atoms with E-state index in [9.17, 15) is 4.79 Å². The van der Waals surface area contributed by atoms with E-state index >= 15 is 0 Å². The van der Waals surface area contributed by atoms with Crippen LogP contribution in [0.25, 0.3) is 11.4 Å². The minimum atomic E-state index is -0.00550. The molecule has 0 radical (unpaired) electrons. The van der Waals surface area contributed by atoms with E-state index in [2.05, 4.69) is 20.4 Å². The van der Waals surface area contributed by atoms with Gasteiger partial charge in [0, 0.05) is 62.0 Å². The fourth-order valence-electron chi connectivity index (χ4n) is 3.83. The van der Waals surface area contributed by atoms with Crippen LogP contribution in [0.5, 0.6) is 0 Å². The third kappa shape index (κ3) is 4.27. The summed E-state index contributed by atoms with van der Waals surface area (Å²) in [5, 5.41) is 11.0. The van der Waals surface area contributed by atoms with Gasteiger partial charge < -0.3 is 14.8 Å². The normalized spacial score (nSPS) is 19.2. The van der Waals surface area contributed by atoms with Gasteiger partial charge in [-0.3, -0.25) is 4.90 Å². The van der Waals surface area contributed by atoms with Crippen molar-refractivity contribution in [2.75, 3.05) is 43.0 Å². The first-order chi connectivity index (χ1) is 13.2. The summed E-state index contributed by atoms with van der Waals surface area (Å²) in [6.45, 7) is 4.05. The summed E-state index contributed by atoms with van der Waals surface area (Å²) in [6, 6.07) is 8.38. The van der Waals surface area contributed by atoms with Gasteiger partial charge in [0.25, 0.3) is 0 Å². The maximum absolute atomic E-state index is 12.6. The van der Waals surface area contributed by atoms with E-state index in [-0.39, 0.29) is 6.03 Å². The van der Waals surface area contributed by atoms with Crippen LogP contribution in [0.15, 0.2) is 30.6 Å². The number of nitrogens with one attached hydrogen (secondary N) is 1. The predicted molar refractivity (Wildman–Crippen MR) is 109 cm³/mol. The zero-order chi connectivity index (χ0) is 18.6. The monoisotopic (exact) mass is 386 g/mol. The highest BCUT2D eigenvalue weighted by Crippen LogP contribution is 2.22. The van der Waals surface area contributed by atoms with Gasteiger partial charge in [0.1, 0.15) is 6.33 Å². The number of aryl methyl sites for hydroxylation is 1. The highest BCUT2D eigenvalue weighted by atomic mass is 32.2. The Bertz CT molecular complexity index is 763. The molecule has 0 atom stereocenters. The van der Waals surface area contributed by atoms with Crippen molar-refractivity contribution in [3.8, 4) is 11.4 Å². The quantitative estimate of drug-likeness (QED) is 0.878. The zero-order valence-electron chi connectivity index (χ0n) is 15.7. The van der Waals surface area contributed by atoms with Gasteiger partial charge in [0.15, 0.2) is 5.82 Å². The number of likely N-dealkylation sites (tertiary alicyclic amines) is 1. The van der Waals surface area contributed by atoms with Crippen LogP contribution in [0.1, 0.15) is 12.8 Å². The van der Waals surface area contributed by atoms with E-state index in [4.69, 9.17) is 0 Å². The molecule has 0 bridgehead atoms. The minimum absolute atomic E-state index is 0.00550. The van der Waals surface area contributed by atoms with Gasteiger partial charge in [0.2, 0.25) is 0 Å². The van der Waals surface area contributed by atoms with Crippen molar-refractivity contribution >= 4 is 23.5 Å². The van der Waals surface area contributed by atoms with Crippen LogP contribution in [-0.4, -0.2) is 74.3 Å². The molecule has 4 rings (SSSR count). The van der Waals surface area contributed by atoms with Crippen molar-refractivity contribution in [1.82, 2.24) is 24.6 Å². The van der Waals surface area contributed by atoms with Crippen molar-refractivity contribution in [2.45, 2.75) is 18.9 Å². The van der Waals surface area contributed by atoms with Crippen LogP contribution in [-0.2, 0) is 7.05 Å². The fraction of sp³-hybridized carbons (Fsp3) is 0.526. The zero-order valence-corrected chi connectivity index (χ0v) is 16.5. The molecule has 0 saturated carbocycles. The van der Waals surface area contributed by atoms with Crippen molar-refractivity contribution < 1.29 is 4.79 Å². The molecule has 2 aromatic rings. The summed E-state index contributed by atoms with van der Waals surface area (Å²) in [5.74, 6) is 3.29. The van der Waals surface area contributed by atoms with Gasteiger partial charge in [-0.15, -0.1) is 10.2 Å². The van der Waals surface area contributed by atoms with Crippen LogP contribution in [0.2, 0.25) is 0 Å².